The van der Waals surface area contributed by atoms with Crippen molar-refractivity contribution in [1.82, 2.24) is 20.2 Å². The van der Waals surface area contributed by atoms with Gasteiger partial charge in [-0.05, 0) is 30.2 Å². The van der Waals surface area contributed by atoms with Crippen LogP contribution < -0.4 is 19.9 Å². The number of hydrogen-bond acceptors (Lipinski definition) is 11. The van der Waals surface area contributed by atoms with Gasteiger partial charge in [-0.2, -0.15) is 15.2 Å². The van der Waals surface area contributed by atoms with Crippen LogP contribution in [0.2, 0.25) is 0 Å². The largest absolute Gasteiger partial charge is 0.465 e. The standard InChI is InChI=1S/C34H43N7O6/c35-10-8-27-20-40(12-13-41(27)34(43)44)32-29-9-11-39(31-7-3-5-25-4-1-2-6-28(25)31)21-30(29)37-33(38-32)47-23-26-18-24(19-36-26)22-46-17-16-45-15-14-42/h1-7,24,26-27,36,42H,8-9,11-23H2,(H,43,44)/t24-,26+,27+/m1/s1. The van der Waals surface area contributed by atoms with Crippen LogP contribution in [-0.2, 0) is 22.4 Å². The molecule has 0 aliphatic carbocycles. The first kappa shape index (κ1) is 32.7. The van der Waals surface area contributed by atoms with Crippen LogP contribution >= 0.6 is 0 Å². The smallest absolute Gasteiger partial charge is 0.407 e. The van der Waals surface area contributed by atoms with Crippen LogP contribution in [0.5, 0.6) is 6.01 Å². The summed E-state index contributed by atoms with van der Waals surface area (Å²) in [5.74, 6) is 1.13. The van der Waals surface area contributed by atoms with Crippen molar-refractivity contribution < 1.29 is 29.2 Å². The van der Waals surface area contributed by atoms with Crippen LogP contribution in [0, 0.1) is 17.2 Å². The Labute approximate surface area is 274 Å². The number of anilines is 2. The first-order chi connectivity index (χ1) is 23.0. The Balaban J connectivity index is 1.19. The highest BCUT2D eigenvalue weighted by Crippen LogP contribution is 2.35. The molecule has 0 unspecified atom stereocenters. The van der Waals surface area contributed by atoms with E-state index in [-0.39, 0.29) is 19.1 Å². The summed E-state index contributed by atoms with van der Waals surface area (Å²) in [7, 11) is 0. The van der Waals surface area contributed by atoms with Crippen molar-refractivity contribution in [3.8, 4) is 12.1 Å². The Morgan fingerprint density at radius 3 is 2.72 bits per heavy atom. The first-order valence-corrected chi connectivity index (χ1v) is 16.4. The average Bonchev–Trinajstić information content (AvgIpc) is 3.55. The number of rotatable bonds is 13. The Kier molecular flexibility index (Phi) is 10.8. The van der Waals surface area contributed by atoms with Crippen LogP contribution in [0.1, 0.15) is 24.1 Å². The lowest BCUT2D eigenvalue weighted by molar-refractivity contribution is 0.0236. The van der Waals surface area contributed by atoms with Gasteiger partial charge < -0.3 is 44.4 Å². The minimum absolute atomic E-state index is 0.00912. The van der Waals surface area contributed by atoms with E-state index >= 15 is 0 Å². The van der Waals surface area contributed by atoms with Gasteiger partial charge in [0.1, 0.15) is 12.4 Å². The number of ether oxygens (including phenoxy) is 3. The number of nitrogens with one attached hydrogen (secondary N) is 1. The fourth-order valence-electron chi connectivity index (χ4n) is 6.85. The SMILES string of the molecule is N#CC[C@H]1CN(c2nc(OC[C@@H]3C[C@@H](COCCOCCO)CN3)nc3c2CCN(c2cccc4ccccc24)C3)CCN1C(=O)O. The number of piperazine rings is 1. The maximum absolute atomic E-state index is 11.9. The van der Waals surface area contributed by atoms with E-state index in [9.17, 15) is 15.2 Å². The number of aliphatic hydroxyl groups is 1. The molecule has 3 aromatic rings. The lowest BCUT2D eigenvalue weighted by atomic mass is 10.0. The molecule has 2 aromatic carbocycles. The quantitative estimate of drug-likeness (QED) is 0.234. The van der Waals surface area contributed by atoms with Crippen molar-refractivity contribution in [2.75, 3.05) is 82.2 Å². The summed E-state index contributed by atoms with van der Waals surface area (Å²) in [6.07, 6.45) is 0.735. The molecular formula is C34H43N7O6. The topological polar surface area (TPSA) is 157 Å². The number of nitriles is 1. The van der Waals surface area contributed by atoms with E-state index in [1.54, 1.807) is 0 Å². The minimum atomic E-state index is -1.01. The van der Waals surface area contributed by atoms with E-state index in [1.165, 1.54) is 15.7 Å². The predicted molar refractivity (Wildman–Crippen MR) is 176 cm³/mol. The van der Waals surface area contributed by atoms with Crippen molar-refractivity contribution in [2.45, 2.75) is 37.9 Å². The summed E-state index contributed by atoms with van der Waals surface area (Å²) < 4.78 is 17.3. The zero-order valence-electron chi connectivity index (χ0n) is 26.6. The van der Waals surface area contributed by atoms with Gasteiger partial charge in [0.25, 0.3) is 0 Å². The van der Waals surface area contributed by atoms with E-state index in [4.69, 9.17) is 29.3 Å². The van der Waals surface area contributed by atoms with E-state index in [0.29, 0.717) is 71.1 Å². The molecule has 3 atom stereocenters. The molecule has 2 saturated heterocycles. The zero-order valence-corrected chi connectivity index (χ0v) is 26.6. The molecule has 2 fully saturated rings. The Morgan fingerprint density at radius 1 is 1.02 bits per heavy atom. The number of aliphatic hydroxyl groups excluding tert-OH is 1. The second-order valence-electron chi connectivity index (χ2n) is 12.3. The van der Waals surface area contributed by atoms with Gasteiger partial charge in [-0.25, -0.2) is 4.79 Å². The third kappa shape index (κ3) is 7.85. The van der Waals surface area contributed by atoms with Crippen LogP contribution in [0.3, 0.4) is 0 Å². The number of hydrogen-bond donors (Lipinski definition) is 3. The molecule has 6 rings (SSSR count). The van der Waals surface area contributed by atoms with Crippen molar-refractivity contribution >= 4 is 28.4 Å². The van der Waals surface area contributed by atoms with Gasteiger partial charge in [-0.15, -0.1) is 0 Å². The number of nitrogens with zero attached hydrogens (tertiary/aromatic N) is 6. The summed E-state index contributed by atoms with van der Waals surface area (Å²) in [6, 6.07) is 16.9. The van der Waals surface area contributed by atoms with Gasteiger partial charge >= 0.3 is 12.1 Å². The molecule has 4 heterocycles. The lowest BCUT2D eigenvalue weighted by Gasteiger charge is -2.41. The number of benzene rings is 2. The molecule has 1 aromatic heterocycles. The number of amides is 1. The molecule has 13 nitrogen and oxygen atoms in total. The van der Waals surface area contributed by atoms with Crippen molar-refractivity contribution in [2.24, 2.45) is 5.92 Å². The maximum atomic E-state index is 11.9. The fraction of sp³-hybridized carbons (Fsp3) is 0.529. The molecule has 47 heavy (non-hydrogen) atoms. The van der Waals surface area contributed by atoms with Crippen molar-refractivity contribution in [3.63, 3.8) is 0 Å². The summed E-state index contributed by atoms with van der Waals surface area (Å²) in [6.45, 7) is 5.68. The average molecular weight is 646 g/mol. The molecule has 3 aliphatic heterocycles. The predicted octanol–water partition coefficient (Wildman–Crippen LogP) is 2.66. The van der Waals surface area contributed by atoms with Gasteiger partial charge in [0.05, 0.1) is 63.8 Å². The first-order valence-electron chi connectivity index (χ1n) is 16.4. The third-order valence-electron chi connectivity index (χ3n) is 9.17. The van der Waals surface area contributed by atoms with E-state index < -0.39 is 12.1 Å². The highest BCUT2D eigenvalue weighted by molar-refractivity contribution is 5.94. The zero-order chi connectivity index (χ0) is 32.6. The summed E-state index contributed by atoms with van der Waals surface area (Å²) in [5.41, 5.74) is 3.10. The summed E-state index contributed by atoms with van der Waals surface area (Å²) in [4.78, 5) is 27.6. The molecule has 0 bridgehead atoms. The lowest BCUT2D eigenvalue weighted by Crippen LogP contribution is -2.55. The number of fused-ring (bicyclic) bond motifs is 2. The summed E-state index contributed by atoms with van der Waals surface area (Å²) >= 11 is 0. The van der Waals surface area contributed by atoms with Crippen molar-refractivity contribution in [3.05, 3.63) is 53.7 Å². The molecule has 0 saturated carbocycles. The molecule has 3 N–H and O–H groups in total. The molecule has 0 radical (unpaired) electrons. The highest BCUT2D eigenvalue weighted by atomic mass is 16.5. The molecule has 3 aliphatic rings. The van der Waals surface area contributed by atoms with Gasteiger partial charge in [0, 0.05) is 55.4 Å². The minimum Gasteiger partial charge on any atom is -0.465 e. The second-order valence-corrected chi connectivity index (χ2v) is 12.3. The van der Waals surface area contributed by atoms with Crippen molar-refractivity contribution in [1.29, 1.82) is 5.26 Å². The Morgan fingerprint density at radius 2 is 1.87 bits per heavy atom. The van der Waals surface area contributed by atoms with Crippen LogP contribution in [0.4, 0.5) is 16.3 Å². The van der Waals surface area contributed by atoms with Gasteiger partial charge in [0.2, 0.25) is 0 Å². The van der Waals surface area contributed by atoms with Crippen LogP contribution in [0.25, 0.3) is 10.8 Å². The monoisotopic (exact) mass is 645 g/mol. The van der Waals surface area contributed by atoms with E-state index in [2.05, 4.69) is 63.7 Å². The fourth-order valence-corrected chi connectivity index (χ4v) is 6.85. The second kappa shape index (κ2) is 15.6. The van der Waals surface area contributed by atoms with Crippen LogP contribution in [0.15, 0.2) is 42.5 Å². The molecule has 0 spiro atoms. The van der Waals surface area contributed by atoms with Gasteiger partial charge in [-0.3, -0.25) is 0 Å². The highest BCUT2D eigenvalue weighted by Gasteiger charge is 2.34. The number of aromatic nitrogens is 2. The van der Waals surface area contributed by atoms with E-state index in [0.717, 1.165) is 48.7 Å². The maximum Gasteiger partial charge on any atom is 0.407 e. The van der Waals surface area contributed by atoms with E-state index in [1.807, 2.05) is 0 Å². The molecular weight excluding hydrogens is 602 g/mol. The number of carbonyl (C=O) groups is 1. The normalized spacial score (nSPS) is 21.1. The van der Waals surface area contributed by atoms with Crippen LogP contribution in [-0.4, -0.2) is 116 Å². The van der Waals surface area contributed by atoms with Gasteiger partial charge in [-0.1, -0.05) is 36.4 Å². The van der Waals surface area contributed by atoms with Gasteiger partial charge in [0.15, 0.2) is 0 Å². The summed E-state index contributed by atoms with van der Waals surface area (Å²) in [5, 5.41) is 33.9. The Bertz CT molecular complexity index is 1560. The Hall–Kier alpha value is -4.22. The third-order valence-corrected chi connectivity index (χ3v) is 9.17. The molecule has 13 heteroatoms. The molecule has 1 amide bonds. The number of carboxylic acid groups (broad SMARTS) is 1. The molecule has 250 valence electrons.